The van der Waals surface area contributed by atoms with Gasteiger partial charge in [-0.05, 0) is 68.7 Å². The van der Waals surface area contributed by atoms with Gasteiger partial charge in [-0.3, -0.25) is 9.59 Å². The van der Waals surface area contributed by atoms with Crippen molar-refractivity contribution in [1.29, 1.82) is 0 Å². The van der Waals surface area contributed by atoms with Gasteiger partial charge in [-0.1, -0.05) is 36.4 Å². The number of hydrogen-bond donors (Lipinski definition) is 1. The van der Waals surface area contributed by atoms with Crippen LogP contribution in [0.25, 0.3) is 0 Å². The first-order valence-corrected chi connectivity index (χ1v) is 14.4. The van der Waals surface area contributed by atoms with Crippen LogP contribution in [0.5, 0.6) is 5.75 Å². The summed E-state index contributed by atoms with van der Waals surface area (Å²) in [4.78, 5) is 31.1. The maximum atomic E-state index is 13.7. The third-order valence-electron chi connectivity index (χ3n) is 7.92. The highest BCUT2D eigenvalue weighted by atomic mass is 16.5. The zero-order chi connectivity index (χ0) is 27.8. The molecule has 7 nitrogen and oxygen atoms in total. The van der Waals surface area contributed by atoms with Gasteiger partial charge in [-0.15, -0.1) is 0 Å². The van der Waals surface area contributed by atoms with E-state index in [1.165, 1.54) is 0 Å². The number of amides is 2. The average Bonchev–Trinajstić information content (AvgIpc) is 3.67. The van der Waals surface area contributed by atoms with E-state index in [2.05, 4.69) is 24.1 Å². The lowest BCUT2D eigenvalue weighted by Crippen LogP contribution is -2.45. The van der Waals surface area contributed by atoms with Crippen LogP contribution in [-0.2, 0) is 16.0 Å². The monoisotopic (exact) mass is 535 g/mol. The SMILES string of the molecule is COCCCOc1cc(C(=O)N(C[C@@H]2CNC[C@H]2CN(C(=O)Cc2ccccc2)C2CC2)C(C)C)ccc1C. The first kappa shape index (κ1) is 29.1. The van der Waals surface area contributed by atoms with Crippen LogP contribution in [0.4, 0.5) is 0 Å². The van der Waals surface area contributed by atoms with Gasteiger partial charge < -0.3 is 24.6 Å². The summed E-state index contributed by atoms with van der Waals surface area (Å²) in [5.41, 5.74) is 2.72. The number of aryl methyl sites for hydroxylation is 1. The molecule has 7 heteroatoms. The number of carbonyl (C=O) groups is 2. The molecular weight excluding hydrogens is 490 g/mol. The second kappa shape index (κ2) is 13.9. The molecule has 212 valence electrons. The number of ether oxygens (including phenoxy) is 2. The lowest BCUT2D eigenvalue weighted by Gasteiger charge is -2.34. The molecule has 1 heterocycles. The van der Waals surface area contributed by atoms with E-state index in [1.807, 2.05) is 60.4 Å². The van der Waals surface area contributed by atoms with Crippen molar-refractivity contribution < 1.29 is 19.1 Å². The number of benzene rings is 2. The Kier molecular flexibility index (Phi) is 10.4. The highest BCUT2D eigenvalue weighted by Crippen LogP contribution is 2.31. The summed E-state index contributed by atoms with van der Waals surface area (Å²) in [5, 5.41) is 3.54. The molecule has 0 aromatic heterocycles. The summed E-state index contributed by atoms with van der Waals surface area (Å²) >= 11 is 0. The predicted molar refractivity (Wildman–Crippen MR) is 154 cm³/mol. The molecule has 0 spiro atoms. The van der Waals surface area contributed by atoms with Gasteiger partial charge in [0.25, 0.3) is 5.91 Å². The molecule has 2 aromatic carbocycles. The Morgan fingerprint density at radius 3 is 2.38 bits per heavy atom. The van der Waals surface area contributed by atoms with Gasteiger partial charge in [0.05, 0.1) is 13.0 Å². The van der Waals surface area contributed by atoms with E-state index in [9.17, 15) is 9.59 Å². The fourth-order valence-corrected chi connectivity index (χ4v) is 5.40. The van der Waals surface area contributed by atoms with Crippen molar-refractivity contribution in [2.24, 2.45) is 11.8 Å². The molecule has 1 aliphatic carbocycles. The van der Waals surface area contributed by atoms with E-state index < -0.39 is 0 Å². The normalized spacial score (nSPS) is 18.8. The van der Waals surface area contributed by atoms with E-state index in [4.69, 9.17) is 9.47 Å². The Hall–Kier alpha value is -2.90. The fraction of sp³-hybridized carbons (Fsp3) is 0.562. The highest BCUT2D eigenvalue weighted by molar-refractivity contribution is 5.95. The number of nitrogens with zero attached hydrogens (tertiary/aromatic N) is 2. The lowest BCUT2D eigenvalue weighted by molar-refractivity contribution is -0.131. The zero-order valence-corrected chi connectivity index (χ0v) is 24.0. The Morgan fingerprint density at radius 1 is 1.00 bits per heavy atom. The Labute approximate surface area is 233 Å². The van der Waals surface area contributed by atoms with Crippen molar-refractivity contribution >= 4 is 11.8 Å². The molecule has 0 bridgehead atoms. The summed E-state index contributed by atoms with van der Waals surface area (Å²) in [6.45, 7) is 10.5. The minimum atomic E-state index is 0.0246. The number of methoxy groups -OCH3 is 1. The van der Waals surface area contributed by atoms with Crippen LogP contribution < -0.4 is 10.1 Å². The number of carbonyl (C=O) groups excluding carboxylic acids is 2. The van der Waals surface area contributed by atoms with Crippen LogP contribution in [0.2, 0.25) is 0 Å². The average molecular weight is 536 g/mol. The van der Waals surface area contributed by atoms with Crippen molar-refractivity contribution in [3.63, 3.8) is 0 Å². The van der Waals surface area contributed by atoms with E-state index >= 15 is 0 Å². The summed E-state index contributed by atoms with van der Waals surface area (Å²) < 4.78 is 11.1. The van der Waals surface area contributed by atoms with Crippen molar-refractivity contribution in [2.75, 3.05) is 46.5 Å². The summed E-state index contributed by atoms with van der Waals surface area (Å²) in [5.74, 6) is 1.59. The zero-order valence-electron chi connectivity index (χ0n) is 24.0. The second-order valence-corrected chi connectivity index (χ2v) is 11.3. The van der Waals surface area contributed by atoms with Crippen LogP contribution in [0.3, 0.4) is 0 Å². The molecule has 2 amide bonds. The first-order valence-electron chi connectivity index (χ1n) is 14.4. The van der Waals surface area contributed by atoms with Gasteiger partial charge in [-0.2, -0.15) is 0 Å². The second-order valence-electron chi connectivity index (χ2n) is 11.3. The summed E-state index contributed by atoms with van der Waals surface area (Å²) in [6.07, 6.45) is 3.42. The molecule has 4 rings (SSSR count). The maximum absolute atomic E-state index is 13.7. The molecule has 2 atom stereocenters. The van der Waals surface area contributed by atoms with Gasteiger partial charge in [0, 0.05) is 64.0 Å². The number of hydrogen-bond acceptors (Lipinski definition) is 5. The van der Waals surface area contributed by atoms with Crippen LogP contribution in [-0.4, -0.2) is 80.2 Å². The van der Waals surface area contributed by atoms with Gasteiger partial charge in [0.15, 0.2) is 0 Å². The Balaban J connectivity index is 1.41. The van der Waals surface area contributed by atoms with E-state index in [0.29, 0.717) is 43.7 Å². The smallest absolute Gasteiger partial charge is 0.254 e. The minimum Gasteiger partial charge on any atom is -0.493 e. The van der Waals surface area contributed by atoms with Crippen molar-refractivity contribution in [2.45, 2.75) is 58.5 Å². The predicted octanol–water partition coefficient (Wildman–Crippen LogP) is 4.33. The topological polar surface area (TPSA) is 71.1 Å². The molecule has 39 heavy (non-hydrogen) atoms. The van der Waals surface area contributed by atoms with Gasteiger partial charge in [0.2, 0.25) is 5.91 Å². The molecule has 1 N–H and O–H groups in total. The fourth-order valence-electron chi connectivity index (χ4n) is 5.40. The van der Waals surface area contributed by atoms with E-state index in [0.717, 1.165) is 55.8 Å². The van der Waals surface area contributed by atoms with Crippen molar-refractivity contribution in [3.8, 4) is 5.75 Å². The third kappa shape index (κ3) is 8.05. The largest absolute Gasteiger partial charge is 0.493 e. The molecule has 0 radical (unpaired) electrons. The number of nitrogens with one attached hydrogen (secondary N) is 1. The van der Waals surface area contributed by atoms with Gasteiger partial charge in [-0.25, -0.2) is 0 Å². The first-order chi connectivity index (χ1) is 18.9. The van der Waals surface area contributed by atoms with E-state index in [1.54, 1.807) is 7.11 Å². The molecule has 1 saturated heterocycles. The number of rotatable bonds is 14. The Morgan fingerprint density at radius 2 is 1.72 bits per heavy atom. The molecular formula is C32H45N3O4. The van der Waals surface area contributed by atoms with Crippen LogP contribution in [0, 0.1) is 18.8 Å². The lowest BCUT2D eigenvalue weighted by atomic mass is 9.93. The third-order valence-corrected chi connectivity index (χ3v) is 7.92. The molecule has 1 aliphatic heterocycles. The van der Waals surface area contributed by atoms with Crippen molar-refractivity contribution in [1.82, 2.24) is 15.1 Å². The minimum absolute atomic E-state index is 0.0246. The molecule has 1 saturated carbocycles. The molecule has 0 unspecified atom stereocenters. The Bertz CT molecular complexity index is 1090. The van der Waals surface area contributed by atoms with E-state index in [-0.39, 0.29) is 23.8 Å². The highest BCUT2D eigenvalue weighted by Gasteiger charge is 2.38. The maximum Gasteiger partial charge on any atom is 0.254 e. The van der Waals surface area contributed by atoms with Crippen LogP contribution in [0.15, 0.2) is 48.5 Å². The standard InChI is InChI=1S/C32H45N3O4/c1-23(2)34(32(37)26-12-11-24(3)30(18-26)39-16-8-15-38-4)21-27-19-33-20-28(27)22-35(29-13-14-29)31(36)17-25-9-6-5-7-10-25/h5-7,9-12,18,23,27-29,33H,8,13-17,19-22H2,1-4H3/t27-,28-/m0/s1. The quantitative estimate of drug-likeness (QED) is 0.365. The molecule has 2 fully saturated rings. The summed E-state index contributed by atoms with van der Waals surface area (Å²) in [7, 11) is 1.68. The van der Waals surface area contributed by atoms with Gasteiger partial charge >= 0.3 is 0 Å². The summed E-state index contributed by atoms with van der Waals surface area (Å²) in [6, 6.07) is 16.2. The van der Waals surface area contributed by atoms with Crippen LogP contribution >= 0.6 is 0 Å². The van der Waals surface area contributed by atoms with Crippen LogP contribution in [0.1, 0.15) is 54.6 Å². The van der Waals surface area contributed by atoms with Gasteiger partial charge in [0.1, 0.15) is 5.75 Å². The van der Waals surface area contributed by atoms with Crippen molar-refractivity contribution in [3.05, 3.63) is 65.2 Å². The molecule has 2 aromatic rings. The molecule has 2 aliphatic rings.